The van der Waals surface area contributed by atoms with Gasteiger partial charge < -0.3 is 5.73 Å². The molecular formula is C18H25N. The van der Waals surface area contributed by atoms with Crippen molar-refractivity contribution in [2.75, 3.05) is 0 Å². The first-order valence-electron chi connectivity index (χ1n) is 7.47. The van der Waals surface area contributed by atoms with Crippen LogP contribution in [-0.4, -0.2) is 5.54 Å². The molecule has 0 aromatic heterocycles. The predicted octanol–water partition coefficient (Wildman–Crippen LogP) is 4.70. The number of rotatable bonds is 6. The van der Waals surface area contributed by atoms with E-state index in [4.69, 9.17) is 5.73 Å². The summed E-state index contributed by atoms with van der Waals surface area (Å²) in [5.41, 5.74) is 8.92. The third kappa shape index (κ3) is 4.07. The first kappa shape index (κ1) is 14.1. The van der Waals surface area contributed by atoms with Crippen LogP contribution < -0.4 is 5.73 Å². The number of nitrogens with two attached hydrogens (primary N) is 1. The standard InChI is InChI=1S/C18H25N/c1-2-3-4-8-13-18(19)14-11-17(12-15-18)16-9-6-5-7-10-16/h5-7,9-12,14H,2-4,8,13,15,19H2,1H3. The summed E-state index contributed by atoms with van der Waals surface area (Å²) in [6.07, 6.45) is 13.9. The highest BCUT2D eigenvalue weighted by molar-refractivity contribution is 5.75. The molecule has 1 unspecified atom stereocenters. The van der Waals surface area contributed by atoms with Crippen molar-refractivity contribution in [3.8, 4) is 0 Å². The molecule has 0 amide bonds. The average molecular weight is 255 g/mol. The van der Waals surface area contributed by atoms with Crippen molar-refractivity contribution < 1.29 is 0 Å². The van der Waals surface area contributed by atoms with Crippen molar-refractivity contribution in [2.45, 2.75) is 51.0 Å². The van der Waals surface area contributed by atoms with Gasteiger partial charge in [0.05, 0.1) is 0 Å². The normalized spacial score (nSPS) is 22.3. The van der Waals surface area contributed by atoms with Crippen molar-refractivity contribution >= 4 is 5.57 Å². The van der Waals surface area contributed by atoms with Crippen molar-refractivity contribution in [1.82, 2.24) is 0 Å². The van der Waals surface area contributed by atoms with E-state index in [-0.39, 0.29) is 5.54 Å². The molecule has 2 rings (SSSR count). The fraction of sp³-hybridized carbons (Fsp3) is 0.444. The summed E-state index contributed by atoms with van der Waals surface area (Å²) in [4.78, 5) is 0. The zero-order chi connectivity index (χ0) is 13.6. The maximum atomic E-state index is 6.45. The SMILES string of the molecule is CCCCCCC1(N)C=CC(c2ccccc2)=CC1. The van der Waals surface area contributed by atoms with E-state index >= 15 is 0 Å². The minimum absolute atomic E-state index is 0.119. The van der Waals surface area contributed by atoms with Gasteiger partial charge in [0.1, 0.15) is 0 Å². The van der Waals surface area contributed by atoms with Crippen LogP contribution in [0.25, 0.3) is 5.57 Å². The lowest BCUT2D eigenvalue weighted by atomic mass is 9.83. The van der Waals surface area contributed by atoms with Gasteiger partial charge in [0.15, 0.2) is 0 Å². The number of unbranched alkanes of at least 4 members (excludes halogenated alkanes) is 3. The molecule has 1 nitrogen and oxygen atoms in total. The van der Waals surface area contributed by atoms with Crippen molar-refractivity contribution in [3.05, 3.63) is 54.1 Å². The molecule has 0 bridgehead atoms. The summed E-state index contributed by atoms with van der Waals surface area (Å²) >= 11 is 0. The Labute approximate surface area is 117 Å². The third-order valence-corrected chi connectivity index (χ3v) is 3.90. The van der Waals surface area contributed by atoms with E-state index in [1.165, 1.54) is 36.8 Å². The van der Waals surface area contributed by atoms with E-state index in [0.29, 0.717) is 0 Å². The summed E-state index contributed by atoms with van der Waals surface area (Å²) in [5, 5.41) is 0. The van der Waals surface area contributed by atoms with E-state index < -0.39 is 0 Å². The molecule has 1 heteroatoms. The van der Waals surface area contributed by atoms with Crippen molar-refractivity contribution in [1.29, 1.82) is 0 Å². The first-order valence-corrected chi connectivity index (χ1v) is 7.47. The summed E-state index contributed by atoms with van der Waals surface area (Å²) in [7, 11) is 0. The summed E-state index contributed by atoms with van der Waals surface area (Å²) in [6, 6.07) is 10.5. The van der Waals surface area contributed by atoms with Crippen LogP contribution in [0, 0.1) is 0 Å². The molecule has 2 N–H and O–H groups in total. The molecule has 1 aliphatic carbocycles. The van der Waals surface area contributed by atoms with Gasteiger partial charge in [0.2, 0.25) is 0 Å². The van der Waals surface area contributed by atoms with Gasteiger partial charge in [-0.05, 0) is 24.0 Å². The van der Waals surface area contributed by atoms with Crippen LogP contribution in [0.5, 0.6) is 0 Å². The molecule has 102 valence electrons. The molecule has 1 aromatic carbocycles. The molecule has 19 heavy (non-hydrogen) atoms. The van der Waals surface area contributed by atoms with Gasteiger partial charge >= 0.3 is 0 Å². The van der Waals surface area contributed by atoms with Crippen LogP contribution in [0.1, 0.15) is 51.0 Å². The zero-order valence-corrected chi connectivity index (χ0v) is 11.9. The van der Waals surface area contributed by atoms with Gasteiger partial charge in [0, 0.05) is 5.54 Å². The first-order chi connectivity index (χ1) is 9.23. The Morgan fingerprint density at radius 2 is 1.89 bits per heavy atom. The maximum Gasteiger partial charge on any atom is 0.0377 e. The Morgan fingerprint density at radius 3 is 2.53 bits per heavy atom. The predicted molar refractivity (Wildman–Crippen MR) is 83.9 cm³/mol. The van der Waals surface area contributed by atoms with Crippen LogP contribution in [0.4, 0.5) is 0 Å². The lowest BCUT2D eigenvalue weighted by molar-refractivity contribution is 0.456. The Hall–Kier alpha value is -1.34. The van der Waals surface area contributed by atoms with E-state index in [0.717, 1.165) is 12.8 Å². The molecule has 0 spiro atoms. The molecule has 1 atom stereocenters. The van der Waals surface area contributed by atoms with Crippen LogP contribution in [-0.2, 0) is 0 Å². The zero-order valence-electron chi connectivity index (χ0n) is 11.9. The van der Waals surface area contributed by atoms with Gasteiger partial charge in [0.25, 0.3) is 0 Å². The van der Waals surface area contributed by atoms with Gasteiger partial charge in [-0.2, -0.15) is 0 Å². The van der Waals surface area contributed by atoms with Crippen LogP contribution >= 0.6 is 0 Å². The molecule has 0 aliphatic heterocycles. The maximum absolute atomic E-state index is 6.45. The van der Waals surface area contributed by atoms with Crippen molar-refractivity contribution in [2.24, 2.45) is 5.73 Å². The second kappa shape index (κ2) is 6.72. The highest BCUT2D eigenvalue weighted by Crippen LogP contribution is 2.28. The van der Waals surface area contributed by atoms with E-state index in [1.807, 2.05) is 0 Å². The van der Waals surface area contributed by atoms with Gasteiger partial charge in [-0.1, -0.05) is 81.2 Å². The third-order valence-electron chi connectivity index (χ3n) is 3.90. The Balaban J connectivity index is 1.90. The molecule has 0 saturated carbocycles. The highest BCUT2D eigenvalue weighted by Gasteiger charge is 2.22. The van der Waals surface area contributed by atoms with Crippen LogP contribution in [0.3, 0.4) is 0 Å². The van der Waals surface area contributed by atoms with Crippen molar-refractivity contribution in [3.63, 3.8) is 0 Å². The summed E-state index contributed by atoms with van der Waals surface area (Å²) in [6.45, 7) is 2.24. The second-order valence-corrected chi connectivity index (χ2v) is 5.61. The molecule has 0 saturated heterocycles. The minimum atomic E-state index is -0.119. The average Bonchev–Trinajstić information content (AvgIpc) is 2.46. The lowest BCUT2D eigenvalue weighted by Crippen LogP contribution is -2.38. The lowest BCUT2D eigenvalue weighted by Gasteiger charge is -2.28. The topological polar surface area (TPSA) is 26.0 Å². The summed E-state index contributed by atoms with van der Waals surface area (Å²) < 4.78 is 0. The fourth-order valence-corrected chi connectivity index (χ4v) is 2.60. The fourth-order valence-electron chi connectivity index (χ4n) is 2.60. The summed E-state index contributed by atoms with van der Waals surface area (Å²) in [5.74, 6) is 0. The Bertz CT molecular complexity index is 444. The number of hydrogen-bond donors (Lipinski definition) is 1. The molecular weight excluding hydrogens is 230 g/mol. The Kier molecular flexibility index (Phi) is 4.98. The van der Waals surface area contributed by atoms with Gasteiger partial charge in [-0.15, -0.1) is 0 Å². The second-order valence-electron chi connectivity index (χ2n) is 5.61. The number of allylic oxidation sites excluding steroid dienone is 2. The smallest absolute Gasteiger partial charge is 0.0377 e. The molecule has 0 radical (unpaired) electrons. The minimum Gasteiger partial charge on any atom is -0.322 e. The van der Waals surface area contributed by atoms with Crippen LogP contribution in [0.2, 0.25) is 0 Å². The quantitative estimate of drug-likeness (QED) is 0.733. The largest absolute Gasteiger partial charge is 0.322 e. The number of benzene rings is 1. The van der Waals surface area contributed by atoms with E-state index in [9.17, 15) is 0 Å². The van der Waals surface area contributed by atoms with Crippen LogP contribution in [0.15, 0.2) is 48.6 Å². The van der Waals surface area contributed by atoms with Gasteiger partial charge in [-0.3, -0.25) is 0 Å². The number of hydrogen-bond acceptors (Lipinski definition) is 1. The van der Waals surface area contributed by atoms with E-state index in [1.54, 1.807) is 0 Å². The monoisotopic (exact) mass is 255 g/mol. The Morgan fingerprint density at radius 1 is 1.11 bits per heavy atom. The molecule has 0 heterocycles. The molecule has 1 aromatic rings. The van der Waals surface area contributed by atoms with E-state index in [2.05, 4.69) is 55.5 Å². The highest BCUT2D eigenvalue weighted by atomic mass is 14.7. The molecule has 0 fully saturated rings. The van der Waals surface area contributed by atoms with Gasteiger partial charge in [-0.25, -0.2) is 0 Å². The molecule has 1 aliphatic rings.